The Morgan fingerprint density at radius 3 is 2.42 bits per heavy atom. The smallest absolute Gasteiger partial charge is 0.293 e. The van der Waals surface area contributed by atoms with E-state index in [9.17, 15) is 19.7 Å². The molecule has 0 spiro atoms. The summed E-state index contributed by atoms with van der Waals surface area (Å²) in [6.45, 7) is 2.62. The van der Waals surface area contributed by atoms with Crippen LogP contribution in [-0.2, 0) is 17.9 Å². The number of ether oxygens (including phenoxy) is 2. The molecule has 8 nitrogen and oxygen atoms in total. The van der Waals surface area contributed by atoms with Gasteiger partial charge in [-0.1, -0.05) is 30.3 Å². The summed E-state index contributed by atoms with van der Waals surface area (Å²) in [7, 11) is 0. The van der Waals surface area contributed by atoms with Gasteiger partial charge in [0.2, 0.25) is 0 Å². The molecule has 0 radical (unpaired) electrons. The van der Waals surface area contributed by atoms with Gasteiger partial charge in [-0.2, -0.15) is 0 Å². The number of imide groups is 1. The Morgan fingerprint density at radius 1 is 1.03 bits per heavy atom. The summed E-state index contributed by atoms with van der Waals surface area (Å²) in [4.78, 5) is 37.4. The highest BCUT2D eigenvalue weighted by molar-refractivity contribution is 9.10. The Morgan fingerprint density at radius 2 is 1.75 bits per heavy atom. The Kier molecular flexibility index (Phi) is 8.07. The van der Waals surface area contributed by atoms with Gasteiger partial charge < -0.3 is 9.47 Å². The molecule has 0 aromatic heterocycles. The van der Waals surface area contributed by atoms with Crippen molar-refractivity contribution in [2.45, 2.75) is 20.1 Å². The van der Waals surface area contributed by atoms with Crippen molar-refractivity contribution >= 4 is 50.6 Å². The summed E-state index contributed by atoms with van der Waals surface area (Å²) in [5.74, 6) is 0.578. The van der Waals surface area contributed by atoms with E-state index in [0.717, 1.165) is 22.9 Å². The maximum Gasteiger partial charge on any atom is 0.293 e. The average molecular weight is 569 g/mol. The van der Waals surface area contributed by atoms with E-state index in [-0.39, 0.29) is 30.0 Å². The summed E-state index contributed by atoms with van der Waals surface area (Å²) in [6, 6.07) is 19.0. The van der Waals surface area contributed by atoms with Crippen molar-refractivity contribution < 1.29 is 24.0 Å². The van der Waals surface area contributed by atoms with Gasteiger partial charge in [-0.25, -0.2) is 0 Å². The molecule has 0 unspecified atom stereocenters. The first-order chi connectivity index (χ1) is 17.4. The fraction of sp³-hybridized carbons (Fsp3) is 0.154. The zero-order valence-electron chi connectivity index (χ0n) is 19.2. The third-order valence-corrected chi connectivity index (χ3v) is 6.71. The molecule has 0 N–H and O–H groups in total. The Hall–Kier alpha value is -3.63. The molecule has 1 saturated heterocycles. The molecule has 1 aliphatic rings. The van der Waals surface area contributed by atoms with Gasteiger partial charge in [-0.3, -0.25) is 24.6 Å². The average Bonchev–Trinajstić information content (AvgIpc) is 3.12. The van der Waals surface area contributed by atoms with E-state index < -0.39 is 4.92 Å². The fourth-order valence-corrected chi connectivity index (χ4v) is 4.91. The zero-order valence-corrected chi connectivity index (χ0v) is 21.6. The van der Waals surface area contributed by atoms with Crippen LogP contribution in [0.5, 0.6) is 11.5 Å². The Labute approximate surface area is 220 Å². The molecular formula is C26H21BrN2O6S. The summed E-state index contributed by atoms with van der Waals surface area (Å²) in [6.07, 6.45) is 1.66. The lowest BCUT2D eigenvalue weighted by Gasteiger charge is -2.15. The monoisotopic (exact) mass is 568 g/mol. The fourth-order valence-electron chi connectivity index (χ4n) is 3.50. The van der Waals surface area contributed by atoms with Crippen LogP contribution < -0.4 is 9.47 Å². The molecule has 3 aromatic carbocycles. The van der Waals surface area contributed by atoms with Crippen molar-refractivity contribution in [2.24, 2.45) is 0 Å². The number of carbonyl (C=O) groups excluding carboxylic acids is 2. The second-order valence-electron chi connectivity index (χ2n) is 7.73. The number of halogens is 1. The van der Waals surface area contributed by atoms with Crippen LogP contribution >= 0.6 is 27.7 Å². The Bertz CT molecular complexity index is 1330. The number of nitrogens with zero attached hydrogens (tertiary/aromatic N) is 2. The topological polar surface area (TPSA) is 99.0 Å². The van der Waals surface area contributed by atoms with Crippen molar-refractivity contribution in [1.82, 2.24) is 4.90 Å². The van der Waals surface area contributed by atoms with Gasteiger partial charge in [0.15, 0.2) is 11.5 Å². The van der Waals surface area contributed by atoms with E-state index in [0.29, 0.717) is 33.0 Å². The summed E-state index contributed by atoms with van der Waals surface area (Å²) >= 11 is 4.41. The summed E-state index contributed by atoms with van der Waals surface area (Å²) < 4.78 is 12.3. The third-order valence-electron chi connectivity index (χ3n) is 5.22. The molecule has 0 atom stereocenters. The molecule has 3 aromatic rings. The molecule has 1 fully saturated rings. The van der Waals surface area contributed by atoms with Crippen LogP contribution in [0.15, 0.2) is 76.1 Å². The molecule has 0 saturated carbocycles. The van der Waals surface area contributed by atoms with E-state index in [1.807, 2.05) is 37.3 Å². The van der Waals surface area contributed by atoms with E-state index in [2.05, 4.69) is 15.9 Å². The van der Waals surface area contributed by atoms with Gasteiger partial charge in [-0.05, 0) is 81.6 Å². The first-order valence-corrected chi connectivity index (χ1v) is 12.6. The van der Waals surface area contributed by atoms with E-state index in [1.165, 1.54) is 17.0 Å². The number of benzene rings is 3. The van der Waals surface area contributed by atoms with E-state index >= 15 is 0 Å². The summed E-state index contributed by atoms with van der Waals surface area (Å²) in [5.41, 5.74) is 2.30. The highest BCUT2D eigenvalue weighted by Gasteiger charge is 2.35. The van der Waals surface area contributed by atoms with Gasteiger partial charge in [0, 0.05) is 12.1 Å². The van der Waals surface area contributed by atoms with Crippen molar-refractivity contribution in [3.8, 4) is 11.5 Å². The molecule has 184 valence electrons. The minimum Gasteiger partial charge on any atom is -0.490 e. The lowest BCUT2D eigenvalue weighted by Crippen LogP contribution is -2.27. The number of nitro groups is 1. The Balaban J connectivity index is 1.53. The van der Waals surface area contributed by atoms with E-state index in [1.54, 1.807) is 30.3 Å². The van der Waals surface area contributed by atoms with Gasteiger partial charge in [-0.15, -0.1) is 0 Å². The van der Waals surface area contributed by atoms with Crippen molar-refractivity contribution in [1.29, 1.82) is 0 Å². The van der Waals surface area contributed by atoms with Crippen LogP contribution in [0, 0.1) is 10.1 Å². The third kappa shape index (κ3) is 5.95. The number of rotatable bonds is 9. The molecular weight excluding hydrogens is 548 g/mol. The van der Waals surface area contributed by atoms with E-state index in [4.69, 9.17) is 9.47 Å². The number of nitro benzene ring substituents is 1. The van der Waals surface area contributed by atoms with Gasteiger partial charge in [0.1, 0.15) is 6.61 Å². The van der Waals surface area contributed by atoms with Crippen LogP contribution in [0.4, 0.5) is 10.5 Å². The minimum absolute atomic E-state index is 0.00692. The minimum atomic E-state index is -0.455. The molecule has 4 rings (SSSR count). The highest BCUT2D eigenvalue weighted by Crippen LogP contribution is 2.40. The number of hydrogen-bond acceptors (Lipinski definition) is 7. The second kappa shape index (κ2) is 11.4. The van der Waals surface area contributed by atoms with Gasteiger partial charge in [0.05, 0.1) is 27.5 Å². The van der Waals surface area contributed by atoms with Crippen LogP contribution in [0.25, 0.3) is 6.08 Å². The maximum absolute atomic E-state index is 12.9. The zero-order chi connectivity index (χ0) is 25.7. The SMILES string of the molecule is CCOc1cc(/C=C2\SC(=O)N(Cc3ccccc3)C2=O)cc(Br)c1OCc1ccc([N+](=O)[O-])cc1. The molecule has 0 bridgehead atoms. The number of non-ortho nitro benzene ring substituents is 1. The molecule has 10 heteroatoms. The standard InChI is InChI=1S/C26H21BrN2O6S/c1-2-34-22-13-19(12-21(27)24(22)35-16-18-8-10-20(11-9-18)29(32)33)14-23-25(30)28(26(31)36-23)15-17-6-4-3-5-7-17/h3-14H,2,15-16H2,1H3/b23-14-. The van der Waals surface area contributed by atoms with Crippen molar-refractivity contribution in [3.05, 3.63) is 103 Å². The van der Waals surface area contributed by atoms with Crippen LogP contribution in [-0.4, -0.2) is 27.6 Å². The molecule has 0 aliphatic carbocycles. The van der Waals surface area contributed by atoms with Crippen LogP contribution in [0.2, 0.25) is 0 Å². The van der Waals surface area contributed by atoms with Gasteiger partial charge >= 0.3 is 0 Å². The van der Waals surface area contributed by atoms with Crippen molar-refractivity contribution in [3.63, 3.8) is 0 Å². The predicted molar refractivity (Wildman–Crippen MR) is 141 cm³/mol. The maximum atomic E-state index is 12.9. The number of thioether (sulfide) groups is 1. The lowest BCUT2D eigenvalue weighted by molar-refractivity contribution is -0.384. The number of carbonyl (C=O) groups is 2. The largest absolute Gasteiger partial charge is 0.490 e. The van der Waals surface area contributed by atoms with Crippen molar-refractivity contribution in [2.75, 3.05) is 6.61 Å². The molecule has 1 heterocycles. The number of amides is 2. The van der Waals surface area contributed by atoms with Crippen LogP contribution in [0.3, 0.4) is 0 Å². The quantitative estimate of drug-likeness (QED) is 0.163. The highest BCUT2D eigenvalue weighted by atomic mass is 79.9. The molecule has 36 heavy (non-hydrogen) atoms. The first-order valence-electron chi connectivity index (χ1n) is 11.0. The normalized spacial score (nSPS) is 14.4. The predicted octanol–water partition coefficient (Wildman–Crippen LogP) is 6.57. The lowest BCUT2D eigenvalue weighted by atomic mass is 10.1. The number of hydrogen-bond donors (Lipinski definition) is 0. The molecule has 2 amide bonds. The first kappa shape index (κ1) is 25.5. The van der Waals surface area contributed by atoms with Crippen LogP contribution in [0.1, 0.15) is 23.6 Å². The molecule has 1 aliphatic heterocycles. The van der Waals surface area contributed by atoms with Gasteiger partial charge in [0.25, 0.3) is 16.8 Å². The second-order valence-corrected chi connectivity index (χ2v) is 9.58. The summed E-state index contributed by atoms with van der Waals surface area (Å²) in [5, 5.41) is 10.5.